The Balaban J connectivity index is 1.45. The van der Waals surface area contributed by atoms with Gasteiger partial charge in [0.15, 0.2) is 17.0 Å². The fourth-order valence-corrected chi connectivity index (χ4v) is 5.56. The molecular formula is C23H22Cl2N6O4. The second-order valence-electron chi connectivity index (χ2n) is 8.77. The van der Waals surface area contributed by atoms with Crippen molar-refractivity contribution in [2.24, 2.45) is 11.3 Å². The maximum Gasteiger partial charge on any atom is 0.229 e. The number of amides is 1. The van der Waals surface area contributed by atoms with E-state index in [4.69, 9.17) is 28.3 Å². The molecule has 0 unspecified atom stereocenters. The van der Waals surface area contributed by atoms with Crippen LogP contribution in [0.15, 0.2) is 24.5 Å². The number of halogens is 2. The summed E-state index contributed by atoms with van der Waals surface area (Å²) in [5.74, 6) is 2.42. The molecule has 35 heavy (non-hydrogen) atoms. The van der Waals surface area contributed by atoms with Gasteiger partial charge < -0.3 is 30.5 Å². The smallest absolute Gasteiger partial charge is 0.229 e. The summed E-state index contributed by atoms with van der Waals surface area (Å²) in [6, 6.07) is 4.87. The fourth-order valence-electron chi connectivity index (χ4n) is 5.21. The lowest BCUT2D eigenvalue weighted by Gasteiger charge is -2.23. The van der Waals surface area contributed by atoms with Crippen molar-refractivity contribution in [3.63, 3.8) is 0 Å². The Morgan fingerprint density at radius 2 is 2.11 bits per heavy atom. The number of rotatable bonds is 6. The lowest BCUT2D eigenvalue weighted by Crippen LogP contribution is -2.41. The molecule has 2 aliphatic carbocycles. The maximum atomic E-state index is 12.5. The number of carbonyl (C=O) groups is 1. The Labute approximate surface area is 210 Å². The largest absolute Gasteiger partial charge is 0.462 e. The van der Waals surface area contributed by atoms with Gasteiger partial charge >= 0.3 is 0 Å². The molecule has 2 saturated carbocycles. The third-order valence-electron chi connectivity index (χ3n) is 6.97. The first-order chi connectivity index (χ1) is 16.8. The van der Waals surface area contributed by atoms with Gasteiger partial charge in [0.2, 0.25) is 11.2 Å². The van der Waals surface area contributed by atoms with Gasteiger partial charge in [0.1, 0.15) is 12.2 Å². The first-order valence-electron chi connectivity index (χ1n) is 10.9. The molecule has 0 saturated heterocycles. The van der Waals surface area contributed by atoms with Gasteiger partial charge in [-0.05, 0) is 35.2 Å². The second kappa shape index (κ2) is 8.84. The normalized spacial score (nSPS) is 26.7. The summed E-state index contributed by atoms with van der Waals surface area (Å²) in [4.78, 5) is 25.5. The third kappa shape index (κ3) is 3.76. The van der Waals surface area contributed by atoms with E-state index in [0.29, 0.717) is 41.4 Å². The molecule has 0 radical (unpaired) electrons. The number of imidazole rings is 1. The van der Waals surface area contributed by atoms with Crippen LogP contribution in [-0.2, 0) is 17.8 Å². The first kappa shape index (κ1) is 23.6. The summed E-state index contributed by atoms with van der Waals surface area (Å²) in [7, 11) is 1.51. The number of nitrogens with zero attached hydrogens (tertiary/aromatic N) is 4. The number of aliphatic hydroxyl groups excluding tert-OH is 3. The van der Waals surface area contributed by atoms with Crippen LogP contribution in [0, 0.1) is 23.4 Å². The molecule has 0 bridgehead atoms. The van der Waals surface area contributed by atoms with Gasteiger partial charge in [0, 0.05) is 31.0 Å². The SMILES string of the molecule is CNC(=O)[C@@]12C[C@@H]1[C@@H](n1cnc3c(NCc4cc(CC#CO)ccc4Cl)nc(Cl)nc31)[C@H](O)[C@@H]2O. The standard InChI is InChI=1S/C23H22Cl2N6O4/c1-26-21(35)23-8-13(23)16(17(33)18(23)34)31-10-28-15-19(29-22(25)30-20(15)31)27-9-12-7-11(3-2-6-32)4-5-14(12)24/h4-5,7,10,13,16-18,32-34H,3,8-9H2,1H3,(H,26,35)(H,27,29,30)/t13-,16-,17+,18+,23+/m1/s1. The van der Waals surface area contributed by atoms with Crippen LogP contribution in [0.2, 0.25) is 10.3 Å². The molecule has 1 aromatic carbocycles. The molecule has 2 fully saturated rings. The zero-order valence-corrected chi connectivity index (χ0v) is 20.0. The molecule has 1 amide bonds. The first-order valence-corrected chi connectivity index (χ1v) is 11.7. The van der Waals surface area contributed by atoms with E-state index in [1.807, 2.05) is 18.2 Å². The maximum absolute atomic E-state index is 12.5. The Kier molecular flexibility index (Phi) is 5.97. The van der Waals surface area contributed by atoms with Crippen LogP contribution in [0.1, 0.15) is 23.6 Å². The molecule has 2 heterocycles. The Morgan fingerprint density at radius 1 is 1.31 bits per heavy atom. The summed E-state index contributed by atoms with van der Waals surface area (Å²) < 4.78 is 1.66. The van der Waals surface area contributed by atoms with Crippen LogP contribution in [0.25, 0.3) is 11.2 Å². The van der Waals surface area contributed by atoms with Crippen molar-refractivity contribution in [2.45, 2.75) is 37.6 Å². The van der Waals surface area contributed by atoms with Gasteiger partial charge in [-0.25, -0.2) is 4.98 Å². The van der Waals surface area contributed by atoms with Crippen molar-refractivity contribution in [2.75, 3.05) is 12.4 Å². The van der Waals surface area contributed by atoms with Crippen molar-refractivity contribution in [3.8, 4) is 12.0 Å². The molecule has 2 aromatic heterocycles. The van der Waals surface area contributed by atoms with E-state index < -0.39 is 23.7 Å². The Bertz CT molecular complexity index is 1390. The van der Waals surface area contributed by atoms with E-state index in [0.717, 1.165) is 11.1 Å². The summed E-state index contributed by atoms with van der Waals surface area (Å²) in [5.41, 5.74) is 1.46. The molecule has 5 rings (SSSR count). The van der Waals surface area contributed by atoms with Crippen LogP contribution in [0.4, 0.5) is 5.82 Å². The molecule has 5 N–H and O–H groups in total. The topological polar surface area (TPSA) is 145 Å². The molecule has 3 aromatic rings. The minimum absolute atomic E-state index is 0.0267. The summed E-state index contributed by atoms with van der Waals surface area (Å²) in [6.45, 7) is 0.307. The van der Waals surface area contributed by atoms with E-state index >= 15 is 0 Å². The van der Waals surface area contributed by atoms with Gasteiger partial charge in [-0.1, -0.05) is 29.7 Å². The summed E-state index contributed by atoms with van der Waals surface area (Å²) in [5, 5.41) is 36.5. The number of fused-ring (bicyclic) bond motifs is 2. The molecule has 10 nitrogen and oxygen atoms in total. The van der Waals surface area contributed by atoms with Gasteiger partial charge in [0.05, 0.1) is 23.9 Å². The second-order valence-corrected chi connectivity index (χ2v) is 9.51. The average Bonchev–Trinajstić information content (AvgIpc) is 3.39. The molecule has 5 atom stereocenters. The molecule has 0 spiro atoms. The van der Waals surface area contributed by atoms with E-state index in [-0.39, 0.29) is 17.1 Å². The highest BCUT2D eigenvalue weighted by Gasteiger charge is 2.75. The van der Waals surface area contributed by atoms with Crippen molar-refractivity contribution in [3.05, 3.63) is 46.0 Å². The van der Waals surface area contributed by atoms with Gasteiger partial charge in [-0.2, -0.15) is 9.97 Å². The van der Waals surface area contributed by atoms with Crippen LogP contribution in [0.3, 0.4) is 0 Å². The minimum Gasteiger partial charge on any atom is -0.462 e. The van der Waals surface area contributed by atoms with Crippen LogP contribution in [0.5, 0.6) is 0 Å². The quantitative estimate of drug-likeness (QED) is 0.245. The number of nitrogens with one attached hydrogen (secondary N) is 2. The zero-order chi connectivity index (χ0) is 24.9. The highest BCUT2D eigenvalue weighted by molar-refractivity contribution is 6.31. The van der Waals surface area contributed by atoms with E-state index in [1.54, 1.807) is 10.6 Å². The number of aliphatic hydroxyl groups is 3. The van der Waals surface area contributed by atoms with E-state index in [9.17, 15) is 15.0 Å². The van der Waals surface area contributed by atoms with Gasteiger partial charge in [-0.15, -0.1) is 0 Å². The Hall–Kier alpha value is -3.10. The number of hydrogen-bond acceptors (Lipinski definition) is 8. The van der Waals surface area contributed by atoms with Gasteiger partial charge in [-0.3, -0.25) is 4.79 Å². The molecule has 182 valence electrons. The average molecular weight is 517 g/mol. The number of benzene rings is 1. The number of anilines is 1. The molecule has 12 heteroatoms. The lowest BCUT2D eigenvalue weighted by molar-refractivity contribution is -0.132. The predicted octanol–water partition coefficient (Wildman–Crippen LogP) is 1.65. The highest BCUT2D eigenvalue weighted by atomic mass is 35.5. The van der Waals surface area contributed by atoms with Crippen molar-refractivity contribution in [1.29, 1.82) is 0 Å². The monoisotopic (exact) mass is 516 g/mol. The van der Waals surface area contributed by atoms with Crippen molar-refractivity contribution >= 4 is 46.1 Å². The fraction of sp³-hybridized carbons (Fsp3) is 0.391. The van der Waals surface area contributed by atoms with E-state index in [1.165, 1.54) is 13.4 Å². The highest BCUT2D eigenvalue weighted by Crippen LogP contribution is 2.67. The van der Waals surface area contributed by atoms with Crippen LogP contribution >= 0.6 is 23.2 Å². The van der Waals surface area contributed by atoms with E-state index in [2.05, 4.69) is 31.5 Å². The van der Waals surface area contributed by atoms with Crippen LogP contribution in [-0.4, -0.2) is 60.0 Å². The van der Waals surface area contributed by atoms with Crippen molar-refractivity contribution < 1.29 is 20.1 Å². The Morgan fingerprint density at radius 3 is 2.86 bits per heavy atom. The molecule has 2 aliphatic rings. The predicted molar refractivity (Wildman–Crippen MR) is 128 cm³/mol. The number of aromatic nitrogens is 4. The summed E-state index contributed by atoms with van der Waals surface area (Å²) in [6.07, 6.45) is 1.86. The molecular weight excluding hydrogens is 495 g/mol. The zero-order valence-electron chi connectivity index (χ0n) is 18.5. The summed E-state index contributed by atoms with van der Waals surface area (Å²) >= 11 is 12.6. The minimum atomic E-state index is -1.20. The van der Waals surface area contributed by atoms with Gasteiger partial charge in [0.25, 0.3) is 0 Å². The van der Waals surface area contributed by atoms with Crippen LogP contribution < -0.4 is 10.6 Å². The number of hydrogen-bond donors (Lipinski definition) is 5. The molecule has 0 aliphatic heterocycles. The third-order valence-corrected chi connectivity index (χ3v) is 7.50. The van der Waals surface area contributed by atoms with Crippen molar-refractivity contribution in [1.82, 2.24) is 24.8 Å². The number of carbonyl (C=O) groups excluding carboxylic acids is 1. The lowest BCUT2D eigenvalue weighted by atomic mass is 9.98.